The number of aryl methyl sites for hydroxylation is 1. The van der Waals surface area contributed by atoms with Gasteiger partial charge in [0.25, 0.3) is 5.91 Å². The van der Waals surface area contributed by atoms with Crippen molar-refractivity contribution in [2.75, 3.05) is 0 Å². The highest BCUT2D eigenvalue weighted by Crippen LogP contribution is 2.32. The number of carboxylic acids is 1. The molecular formula is C20H16N2O3. The summed E-state index contributed by atoms with van der Waals surface area (Å²) >= 11 is 0. The number of fused-ring (bicyclic) bond motifs is 2. The molecule has 3 aromatic rings. The zero-order valence-corrected chi connectivity index (χ0v) is 13.4. The van der Waals surface area contributed by atoms with Crippen LogP contribution in [0.1, 0.15) is 44.3 Å². The second-order valence-corrected chi connectivity index (χ2v) is 6.19. The van der Waals surface area contributed by atoms with Crippen LogP contribution in [0.15, 0.2) is 54.9 Å². The monoisotopic (exact) mass is 332 g/mol. The van der Waals surface area contributed by atoms with Gasteiger partial charge in [0, 0.05) is 17.8 Å². The molecule has 1 aliphatic rings. The molecule has 1 aromatic heterocycles. The number of carbonyl (C=O) groups excluding carboxylic acids is 1. The van der Waals surface area contributed by atoms with Crippen LogP contribution in [-0.4, -0.2) is 22.0 Å². The molecule has 0 saturated heterocycles. The molecule has 25 heavy (non-hydrogen) atoms. The first kappa shape index (κ1) is 15.3. The average molecular weight is 332 g/mol. The Morgan fingerprint density at radius 3 is 2.80 bits per heavy atom. The number of aromatic carboxylic acids is 1. The number of nitrogens with one attached hydrogen (secondary N) is 1. The van der Waals surface area contributed by atoms with Crippen molar-refractivity contribution in [3.63, 3.8) is 0 Å². The van der Waals surface area contributed by atoms with Crippen molar-refractivity contribution in [2.24, 2.45) is 0 Å². The predicted octanol–water partition coefficient (Wildman–Crippen LogP) is 3.35. The molecule has 5 heteroatoms. The molecule has 0 radical (unpaired) electrons. The van der Waals surface area contributed by atoms with Gasteiger partial charge in [0.1, 0.15) is 0 Å². The third kappa shape index (κ3) is 2.74. The number of benzene rings is 2. The SMILES string of the molecule is O=C(O)c1ccc2c(c1)C(NC(=O)c1cncc3ccccc13)CC2. The highest BCUT2D eigenvalue weighted by atomic mass is 16.4. The van der Waals surface area contributed by atoms with E-state index in [-0.39, 0.29) is 17.5 Å². The van der Waals surface area contributed by atoms with Gasteiger partial charge in [-0.2, -0.15) is 0 Å². The second-order valence-electron chi connectivity index (χ2n) is 6.19. The van der Waals surface area contributed by atoms with Gasteiger partial charge in [0.2, 0.25) is 0 Å². The number of rotatable bonds is 3. The van der Waals surface area contributed by atoms with E-state index in [2.05, 4.69) is 10.3 Å². The number of aromatic nitrogens is 1. The van der Waals surface area contributed by atoms with Crippen molar-refractivity contribution in [3.05, 3.63) is 77.1 Å². The summed E-state index contributed by atoms with van der Waals surface area (Å²) in [5.74, 6) is -1.15. The Balaban J connectivity index is 1.65. The molecule has 0 spiro atoms. The molecule has 5 nitrogen and oxygen atoms in total. The van der Waals surface area contributed by atoms with E-state index in [1.807, 2.05) is 30.3 Å². The van der Waals surface area contributed by atoms with Crippen LogP contribution in [-0.2, 0) is 6.42 Å². The maximum atomic E-state index is 12.8. The van der Waals surface area contributed by atoms with Crippen LogP contribution in [0, 0.1) is 0 Å². The number of amides is 1. The minimum absolute atomic E-state index is 0.180. The molecule has 124 valence electrons. The molecule has 1 unspecified atom stereocenters. The maximum Gasteiger partial charge on any atom is 0.335 e. The molecular weight excluding hydrogens is 316 g/mol. The van der Waals surface area contributed by atoms with Crippen molar-refractivity contribution in [1.82, 2.24) is 10.3 Å². The molecule has 0 saturated carbocycles. The van der Waals surface area contributed by atoms with E-state index in [0.29, 0.717) is 5.56 Å². The fourth-order valence-electron chi connectivity index (χ4n) is 3.42. The first-order valence-corrected chi connectivity index (χ1v) is 8.13. The van der Waals surface area contributed by atoms with Gasteiger partial charge in [0.05, 0.1) is 17.2 Å². The summed E-state index contributed by atoms with van der Waals surface area (Å²) in [6, 6.07) is 12.6. The van der Waals surface area contributed by atoms with E-state index < -0.39 is 5.97 Å². The van der Waals surface area contributed by atoms with Gasteiger partial charge >= 0.3 is 5.97 Å². The Labute approximate surface area is 144 Å². The van der Waals surface area contributed by atoms with Crippen molar-refractivity contribution in [2.45, 2.75) is 18.9 Å². The average Bonchev–Trinajstić information content (AvgIpc) is 3.03. The summed E-state index contributed by atoms with van der Waals surface area (Å²) in [6.45, 7) is 0. The van der Waals surface area contributed by atoms with Gasteiger partial charge in [-0.1, -0.05) is 30.3 Å². The Morgan fingerprint density at radius 1 is 1.12 bits per heavy atom. The number of carbonyl (C=O) groups is 2. The van der Waals surface area contributed by atoms with E-state index in [0.717, 1.165) is 34.7 Å². The van der Waals surface area contributed by atoms with Gasteiger partial charge in [-0.3, -0.25) is 9.78 Å². The third-order valence-corrected chi connectivity index (χ3v) is 4.69. The zero-order chi connectivity index (χ0) is 17.4. The minimum atomic E-state index is -0.960. The fraction of sp³-hybridized carbons (Fsp3) is 0.150. The largest absolute Gasteiger partial charge is 0.478 e. The second kappa shape index (κ2) is 6.02. The van der Waals surface area contributed by atoms with E-state index in [9.17, 15) is 14.7 Å². The summed E-state index contributed by atoms with van der Waals surface area (Å²) in [6.07, 6.45) is 4.90. The zero-order valence-electron chi connectivity index (χ0n) is 13.4. The lowest BCUT2D eigenvalue weighted by Gasteiger charge is -2.15. The highest BCUT2D eigenvalue weighted by Gasteiger charge is 2.26. The lowest BCUT2D eigenvalue weighted by Crippen LogP contribution is -2.27. The minimum Gasteiger partial charge on any atom is -0.478 e. The Kier molecular flexibility index (Phi) is 3.69. The molecule has 1 heterocycles. The molecule has 1 atom stereocenters. The number of nitrogens with zero attached hydrogens (tertiary/aromatic N) is 1. The molecule has 0 aliphatic heterocycles. The van der Waals surface area contributed by atoms with Crippen LogP contribution in [0.2, 0.25) is 0 Å². The van der Waals surface area contributed by atoms with Gasteiger partial charge in [-0.05, 0) is 41.5 Å². The van der Waals surface area contributed by atoms with E-state index in [4.69, 9.17) is 0 Å². The molecule has 1 amide bonds. The highest BCUT2D eigenvalue weighted by molar-refractivity contribution is 6.06. The number of pyridine rings is 1. The summed E-state index contributed by atoms with van der Waals surface area (Å²) in [7, 11) is 0. The van der Waals surface area contributed by atoms with Gasteiger partial charge < -0.3 is 10.4 Å². The molecule has 2 N–H and O–H groups in total. The van der Waals surface area contributed by atoms with Crippen LogP contribution in [0.4, 0.5) is 0 Å². The Hall–Kier alpha value is -3.21. The molecule has 0 bridgehead atoms. The van der Waals surface area contributed by atoms with Gasteiger partial charge in [-0.25, -0.2) is 4.79 Å². The van der Waals surface area contributed by atoms with Crippen LogP contribution in [0.3, 0.4) is 0 Å². The van der Waals surface area contributed by atoms with Crippen LogP contribution < -0.4 is 5.32 Å². The topological polar surface area (TPSA) is 79.3 Å². The van der Waals surface area contributed by atoms with Crippen molar-refractivity contribution in [1.29, 1.82) is 0 Å². The van der Waals surface area contributed by atoms with Crippen molar-refractivity contribution in [3.8, 4) is 0 Å². The van der Waals surface area contributed by atoms with Gasteiger partial charge in [-0.15, -0.1) is 0 Å². The summed E-state index contributed by atoms with van der Waals surface area (Å²) < 4.78 is 0. The smallest absolute Gasteiger partial charge is 0.335 e. The van der Waals surface area contributed by atoms with E-state index >= 15 is 0 Å². The van der Waals surface area contributed by atoms with Gasteiger partial charge in [0.15, 0.2) is 0 Å². The lowest BCUT2D eigenvalue weighted by molar-refractivity contribution is 0.0696. The Morgan fingerprint density at radius 2 is 1.96 bits per heavy atom. The van der Waals surface area contributed by atoms with Crippen molar-refractivity contribution < 1.29 is 14.7 Å². The quantitative estimate of drug-likeness (QED) is 0.771. The maximum absolute atomic E-state index is 12.8. The van der Waals surface area contributed by atoms with Crippen molar-refractivity contribution >= 4 is 22.6 Å². The number of hydrogen-bond donors (Lipinski definition) is 2. The normalized spacial score (nSPS) is 15.8. The fourth-order valence-corrected chi connectivity index (χ4v) is 3.42. The summed E-state index contributed by atoms with van der Waals surface area (Å²) in [5, 5.41) is 14.0. The van der Waals surface area contributed by atoms with E-state index in [1.54, 1.807) is 24.5 Å². The lowest BCUT2D eigenvalue weighted by atomic mass is 10.0. The van der Waals surface area contributed by atoms with Crippen LogP contribution in [0.5, 0.6) is 0 Å². The molecule has 1 aliphatic carbocycles. The summed E-state index contributed by atoms with van der Waals surface area (Å²) in [4.78, 5) is 28.1. The summed E-state index contributed by atoms with van der Waals surface area (Å²) in [5.41, 5.74) is 2.75. The Bertz CT molecular complexity index is 992. The number of carboxylic acid groups (broad SMARTS) is 1. The van der Waals surface area contributed by atoms with Crippen LogP contribution in [0.25, 0.3) is 10.8 Å². The predicted molar refractivity (Wildman–Crippen MR) is 93.7 cm³/mol. The molecule has 4 rings (SSSR count). The third-order valence-electron chi connectivity index (χ3n) is 4.69. The first-order valence-electron chi connectivity index (χ1n) is 8.13. The van der Waals surface area contributed by atoms with E-state index in [1.165, 1.54) is 0 Å². The number of hydrogen-bond acceptors (Lipinski definition) is 3. The first-order chi connectivity index (χ1) is 12.1. The molecule has 0 fully saturated rings. The standard InChI is InChI=1S/C20H16N2O3/c23-19(17-11-21-10-14-3-1-2-4-15(14)17)22-18-8-7-12-5-6-13(20(24)25)9-16(12)18/h1-6,9-11,18H,7-8H2,(H,22,23)(H,24,25). The molecule has 2 aromatic carbocycles. The van der Waals surface area contributed by atoms with Crippen LogP contribution >= 0.6 is 0 Å².